The molecule has 0 spiro atoms. The fourth-order valence-corrected chi connectivity index (χ4v) is 4.28. The Bertz CT molecular complexity index is 351. The van der Waals surface area contributed by atoms with Gasteiger partial charge in [0.2, 0.25) is 0 Å². The van der Waals surface area contributed by atoms with Gasteiger partial charge in [-0.3, -0.25) is 15.0 Å². The van der Waals surface area contributed by atoms with Crippen molar-refractivity contribution < 1.29 is 14.7 Å². The van der Waals surface area contributed by atoms with Gasteiger partial charge in [-0.25, -0.2) is 0 Å². The van der Waals surface area contributed by atoms with E-state index in [4.69, 9.17) is 22.0 Å². The van der Waals surface area contributed by atoms with Crippen LogP contribution in [-0.4, -0.2) is 50.7 Å². The van der Waals surface area contributed by atoms with E-state index in [1.54, 1.807) is 11.8 Å². The maximum atomic E-state index is 10.7. The topological polar surface area (TPSA) is 130 Å². The highest BCUT2D eigenvalue weighted by molar-refractivity contribution is 8.04. The molecule has 0 aliphatic heterocycles. The van der Waals surface area contributed by atoms with Gasteiger partial charge in [0.1, 0.15) is 11.8 Å². The maximum Gasteiger partial charge on any atom is 0.321 e. The van der Waals surface area contributed by atoms with E-state index >= 15 is 0 Å². The lowest BCUT2D eigenvalue weighted by Crippen LogP contribution is -2.38. The van der Waals surface area contributed by atoms with E-state index in [-0.39, 0.29) is 5.71 Å². The first-order valence-corrected chi connectivity index (χ1v) is 7.60. The average molecular weight is 291 g/mol. The molecule has 1 aliphatic carbocycles. The zero-order valence-electron chi connectivity index (χ0n) is 9.80. The first-order valence-electron chi connectivity index (χ1n) is 5.50. The summed E-state index contributed by atoms with van der Waals surface area (Å²) >= 11 is 3.09. The third-order valence-electron chi connectivity index (χ3n) is 2.70. The predicted octanol–water partition coefficient (Wildman–Crippen LogP) is -0.0992. The molecule has 1 fully saturated rings. The molecule has 0 aromatic heterocycles. The van der Waals surface area contributed by atoms with Crippen LogP contribution < -0.4 is 11.5 Å². The molecule has 0 heterocycles. The highest BCUT2D eigenvalue weighted by atomic mass is 32.2. The molecule has 102 valence electrons. The molecular weight excluding hydrogens is 274 g/mol. The number of aliphatic carboxylic acids is 1. The molecule has 3 unspecified atom stereocenters. The molecule has 1 saturated carbocycles. The number of nitrogens with two attached hydrogens (primary N) is 2. The van der Waals surface area contributed by atoms with Crippen molar-refractivity contribution in [3.63, 3.8) is 0 Å². The number of carbonyl (C=O) groups excluding carboxylic acids is 1. The number of thioether (sulfide) groups is 2. The lowest BCUT2D eigenvalue weighted by atomic mass is 9.99. The molecule has 3 atom stereocenters. The third-order valence-corrected chi connectivity index (χ3v) is 5.86. The number of carboxylic acid groups (broad SMARTS) is 1. The Morgan fingerprint density at radius 2 is 1.89 bits per heavy atom. The standard InChI is InChI=1S/C10H17N3O3S2/c11-5(9(13)14)3-17-7-1-2-8(7)18-4-6(12)10(15)16/h6-8,11H,1-4,12H2,(H2,13,14)(H,15,16). The molecule has 1 rings (SSSR count). The van der Waals surface area contributed by atoms with Crippen molar-refractivity contribution in [2.24, 2.45) is 11.5 Å². The van der Waals surface area contributed by atoms with Crippen molar-refractivity contribution in [3.05, 3.63) is 0 Å². The summed E-state index contributed by atoms with van der Waals surface area (Å²) < 4.78 is 0. The van der Waals surface area contributed by atoms with Gasteiger partial charge >= 0.3 is 5.97 Å². The van der Waals surface area contributed by atoms with Crippen molar-refractivity contribution in [1.82, 2.24) is 0 Å². The van der Waals surface area contributed by atoms with E-state index in [9.17, 15) is 9.59 Å². The number of hydrogen-bond donors (Lipinski definition) is 4. The molecule has 6 N–H and O–H groups in total. The van der Waals surface area contributed by atoms with Gasteiger partial charge < -0.3 is 16.6 Å². The Morgan fingerprint density at radius 1 is 1.33 bits per heavy atom. The summed E-state index contributed by atoms with van der Waals surface area (Å²) in [5.41, 5.74) is 10.3. The molecule has 1 amide bonds. The minimum Gasteiger partial charge on any atom is -0.480 e. The van der Waals surface area contributed by atoms with Gasteiger partial charge in [0.05, 0.1) is 0 Å². The number of carboxylic acids is 1. The summed E-state index contributed by atoms with van der Waals surface area (Å²) in [7, 11) is 0. The highest BCUT2D eigenvalue weighted by Crippen LogP contribution is 2.40. The van der Waals surface area contributed by atoms with Gasteiger partial charge in [0.25, 0.3) is 5.91 Å². The lowest BCUT2D eigenvalue weighted by molar-refractivity contribution is -0.137. The summed E-state index contributed by atoms with van der Waals surface area (Å²) in [6.07, 6.45) is 2.05. The zero-order chi connectivity index (χ0) is 13.7. The largest absolute Gasteiger partial charge is 0.480 e. The first kappa shape index (κ1) is 15.3. The Labute approximate surface area is 114 Å². The van der Waals surface area contributed by atoms with Gasteiger partial charge in [-0.2, -0.15) is 23.5 Å². The van der Waals surface area contributed by atoms with Crippen LogP contribution in [0.4, 0.5) is 0 Å². The summed E-state index contributed by atoms with van der Waals surface area (Å²) in [4.78, 5) is 21.3. The van der Waals surface area contributed by atoms with Crippen LogP contribution in [0.25, 0.3) is 0 Å². The van der Waals surface area contributed by atoms with Gasteiger partial charge in [0, 0.05) is 22.0 Å². The normalized spacial score (nSPS) is 24.1. The van der Waals surface area contributed by atoms with Gasteiger partial charge in [-0.05, 0) is 12.8 Å². The first-order chi connectivity index (χ1) is 8.41. The van der Waals surface area contributed by atoms with Crippen LogP contribution >= 0.6 is 23.5 Å². The number of carbonyl (C=O) groups is 2. The van der Waals surface area contributed by atoms with Crippen LogP contribution in [0.15, 0.2) is 0 Å². The zero-order valence-corrected chi connectivity index (χ0v) is 11.4. The molecule has 0 bridgehead atoms. The predicted molar refractivity (Wildman–Crippen MR) is 74.3 cm³/mol. The van der Waals surface area contributed by atoms with Crippen molar-refractivity contribution >= 4 is 41.1 Å². The summed E-state index contributed by atoms with van der Waals surface area (Å²) in [5.74, 6) is -0.952. The van der Waals surface area contributed by atoms with Crippen LogP contribution in [0, 0.1) is 5.41 Å². The van der Waals surface area contributed by atoms with Crippen LogP contribution in [-0.2, 0) is 9.59 Å². The number of rotatable bonds is 8. The van der Waals surface area contributed by atoms with Crippen molar-refractivity contribution in [1.29, 1.82) is 5.41 Å². The molecule has 0 aromatic carbocycles. The Morgan fingerprint density at radius 3 is 2.33 bits per heavy atom. The highest BCUT2D eigenvalue weighted by Gasteiger charge is 2.32. The van der Waals surface area contributed by atoms with E-state index in [0.29, 0.717) is 22.0 Å². The van der Waals surface area contributed by atoms with Crippen LogP contribution in [0.2, 0.25) is 0 Å². The molecule has 8 heteroatoms. The smallest absolute Gasteiger partial charge is 0.321 e. The SMILES string of the molecule is N=C(CSC1CCC1SCC(N)C(=O)O)C(N)=O. The third kappa shape index (κ3) is 4.51. The number of hydrogen-bond acceptors (Lipinski definition) is 6. The lowest BCUT2D eigenvalue weighted by Gasteiger charge is -2.35. The Kier molecular flexibility index (Phi) is 5.97. The van der Waals surface area contributed by atoms with Gasteiger partial charge in [-0.15, -0.1) is 0 Å². The second-order valence-electron chi connectivity index (χ2n) is 4.09. The fourth-order valence-electron chi connectivity index (χ4n) is 1.38. The Balaban J connectivity index is 2.23. The molecule has 0 saturated heterocycles. The second-order valence-corrected chi connectivity index (χ2v) is 6.59. The molecule has 0 aromatic rings. The van der Waals surface area contributed by atoms with E-state index in [2.05, 4.69) is 0 Å². The molecular formula is C10H17N3O3S2. The summed E-state index contributed by atoms with van der Waals surface area (Å²) in [6.45, 7) is 0. The van der Waals surface area contributed by atoms with E-state index < -0.39 is 17.9 Å². The number of nitrogens with one attached hydrogen (secondary N) is 1. The quantitative estimate of drug-likeness (QED) is 0.462. The number of primary amides is 1. The van der Waals surface area contributed by atoms with Gasteiger partial charge in [0.15, 0.2) is 0 Å². The summed E-state index contributed by atoms with van der Waals surface area (Å²) in [6, 6.07) is -0.829. The van der Waals surface area contributed by atoms with Crippen LogP contribution in [0.1, 0.15) is 12.8 Å². The van der Waals surface area contributed by atoms with Crippen molar-refractivity contribution in [2.45, 2.75) is 29.4 Å². The van der Waals surface area contributed by atoms with Crippen molar-refractivity contribution in [3.8, 4) is 0 Å². The number of amides is 1. The second kappa shape index (κ2) is 7.01. The average Bonchev–Trinajstić information content (AvgIpc) is 2.27. The molecule has 1 aliphatic rings. The Hall–Kier alpha value is -0.730. The van der Waals surface area contributed by atoms with Crippen molar-refractivity contribution in [2.75, 3.05) is 11.5 Å². The molecule has 6 nitrogen and oxygen atoms in total. The monoisotopic (exact) mass is 291 g/mol. The minimum absolute atomic E-state index is 0.0714. The van der Waals surface area contributed by atoms with Crippen LogP contribution in [0.5, 0.6) is 0 Å². The maximum absolute atomic E-state index is 10.7. The van der Waals surface area contributed by atoms with E-state index in [1.807, 2.05) is 0 Å². The molecule has 18 heavy (non-hydrogen) atoms. The summed E-state index contributed by atoms with van der Waals surface area (Å²) in [5, 5.41) is 16.7. The van der Waals surface area contributed by atoms with Crippen LogP contribution in [0.3, 0.4) is 0 Å². The van der Waals surface area contributed by atoms with E-state index in [1.165, 1.54) is 11.8 Å². The minimum atomic E-state index is -0.985. The van der Waals surface area contributed by atoms with E-state index in [0.717, 1.165) is 12.8 Å². The fraction of sp³-hybridized carbons (Fsp3) is 0.700. The molecule has 0 radical (unpaired) electrons. The van der Waals surface area contributed by atoms with Gasteiger partial charge in [-0.1, -0.05) is 0 Å².